The molecule has 1 saturated heterocycles. The molecule has 0 bridgehead atoms. The summed E-state index contributed by atoms with van der Waals surface area (Å²) in [5.74, 6) is 0. The van der Waals surface area contributed by atoms with Crippen LogP contribution >= 0.6 is 11.3 Å². The summed E-state index contributed by atoms with van der Waals surface area (Å²) in [6.45, 7) is 4.39. The molecule has 0 radical (unpaired) electrons. The number of hydrogen-bond donors (Lipinski definition) is 1. The zero-order chi connectivity index (χ0) is 13.4. The molecule has 1 atom stereocenters. The van der Waals surface area contributed by atoms with Crippen molar-refractivity contribution in [3.63, 3.8) is 0 Å². The summed E-state index contributed by atoms with van der Waals surface area (Å²) < 4.78 is 26.5. The van der Waals surface area contributed by atoms with Gasteiger partial charge in [-0.25, -0.2) is 13.4 Å². The Bertz CT molecular complexity index is 522. The summed E-state index contributed by atoms with van der Waals surface area (Å²) in [5, 5.41) is 10.7. The van der Waals surface area contributed by atoms with Crippen LogP contribution in [0.1, 0.15) is 31.2 Å². The SMILES string of the molecule is Cc1ncc(S(=O)(=O)N2CCCC(C)(O)CC2)s1. The van der Waals surface area contributed by atoms with E-state index in [1.807, 2.05) is 0 Å². The molecule has 102 valence electrons. The van der Waals surface area contributed by atoms with E-state index in [1.54, 1.807) is 13.8 Å². The minimum atomic E-state index is -3.44. The first-order chi connectivity index (χ1) is 8.31. The largest absolute Gasteiger partial charge is 0.390 e. The van der Waals surface area contributed by atoms with E-state index >= 15 is 0 Å². The molecule has 1 aromatic heterocycles. The van der Waals surface area contributed by atoms with Gasteiger partial charge in [-0.1, -0.05) is 0 Å². The van der Waals surface area contributed by atoms with Gasteiger partial charge in [-0.2, -0.15) is 4.31 Å². The van der Waals surface area contributed by atoms with E-state index in [4.69, 9.17) is 0 Å². The monoisotopic (exact) mass is 290 g/mol. The summed E-state index contributed by atoms with van der Waals surface area (Å²) >= 11 is 1.19. The Morgan fingerprint density at radius 1 is 1.44 bits per heavy atom. The van der Waals surface area contributed by atoms with Crippen molar-refractivity contribution >= 4 is 21.4 Å². The third-order valence-corrected chi connectivity index (χ3v) is 6.47. The summed E-state index contributed by atoms with van der Waals surface area (Å²) in [6, 6.07) is 0. The van der Waals surface area contributed by atoms with Gasteiger partial charge in [0.15, 0.2) is 4.21 Å². The van der Waals surface area contributed by atoms with Gasteiger partial charge in [0.25, 0.3) is 10.0 Å². The number of aromatic nitrogens is 1. The molecule has 1 unspecified atom stereocenters. The predicted molar refractivity (Wildman–Crippen MR) is 70.1 cm³/mol. The van der Waals surface area contributed by atoms with Crippen molar-refractivity contribution in [2.75, 3.05) is 13.1 Å². The number of nitrogens with zero attached hydrogens (tertiary/aromatic N) is 2. The van der Waals surface area contributed by atoms with Crippen LogP contribution in [0.3, 0.4) is 0 Å². The van der Waals surface area contributed by atoms with Crippen molar-refractivity contribution in [2.24, 2.45) is 0 Å². The second-order valence-corrected chi connectivity index (χ2v) is 8.35. The number of hydrogen-bond acceptors (Lipinski definition) is 5. The van der Waals surface area contributed by atoms with Gasteiger partial charge in [0, 0.05) is 13.1 Å². The number of rotatable bonds is 2. The van der Waals surface area contributed by atoms with E-state index in [2.05, 4.69) is 4.98 Å². The highest BCUT2D eigenvalue weighted by atomic mass is 32.2. The second kappa shape index (κ2) is 4.88. The van der Waals surface area contributed by atoms with Gasteiger partial charge < -0.3 is 5.11 Å². The maximum absolute atomic E-state index is 12.4. The summed E-state index contributed by atoms with van der Waals surface area (Å²) in [7, 11) is -3.44. The van der Waals surface area contributed by atoms with E-state index in [1.165, 1.54) is 21.8 Å². The Balaban J connectivity index is 2.21. The molecule has 1 aliphatic heterocycles. The van der Waals surface area contributed by atoms with Crippen LogP contribution in [-0.2, 0) is 10.0 Å². The zero-order valence-corrected chi connectivity index (χ0v) is 12.2. The standard InChI is InChI=1S/C11H18N2O3S2/c1-9-12-8-10(17-9)18(15,16)13-6-3-4-11(2,14)5-7-13/h8,14H,3-7H2,1-2H3. The molecule has 1 aliphatic rings. The van der Waals surface area contributed by atoms with E-state index in [0.717, 1.165) is 5.01 Å². The molecule has 2 rings (SSSR count). The van der Waals surface area contributed by atoms with Crippen LogP contribution in [0.25, 0.3) is 0 Å². The smallest absolute Gasteiger partial charge is 0.254 e. The molecule has 1 fully saturated rings. The second-order valence-electron chi connectivity index (χ2n) is 4.95. The van der Waals surface area contributed by atoms with Crippen molar-refractivity contribution in [1.82, 2.24) is 9.29 Å². The Kier molecular flexibility index (Phi) is 3.77. The molecular weight excluding hydrogens is 272 g/mol. The minimum Gasteiger partial charge on any atom is -0.390 e. The van der Waals surface area contributed by atoms with Gasteiger partial charge in [-0.3, -0.25) is 0 Å². The molecule has 1 N–H and O–H groups in total. The maximum Gasteiger partial charge on any atom is 0.254 e. The third kappa shape index (κ3) is 2.90. The van der Waals surface area contributed by atoms with Gasteiger partial charge in [0.2, 0.25) is 0 Å². The molecular formula is C11H18N2O3S2. The fraction of sp³-hybridized carbons (Fsp3) is 0.727. The summed E-state index contributed by atoms with van der Waals surface area (Å²) in [5.41, 5.74) is -0.756. The number of thiazole rings is 1. The highest BCUT2D eigenvalue weighted by Crippen LogP contribution is 2.27. The van der Waals surface area contributed by atoms with Crippen LogP contribution < -0.4 is 0 Å². The molecule has 7 heteroatoms. The van der Waals surface area contributed by atoms with Gasteiger partial charge in [0.1, 0.15) is 0 Å². The Morgan fingerprint density at radius 3 is 2.78 bits per heavy atom. The average Bonchev–Trinajstić information content (AvgIpc) is 2.61. The lowest BCUT2D eigenvalue weighted by Crippen LogP contribution is -2.33. The van der Waals surface area contributed by atoms with Gasteiger partial charge in [0.05, 0.1) is 16.8 Å². The zero-order valence-electron chi connectivity index (χ0n) is 10.6. The van der Waals surface area contributed by atoms with Gasteiger partial charge in [-0.05, 0) is 33.1 Å². The van der Waals surface area contributed by atoms with Crippen molar-refractivity contribution in [3.8, 4) is 0 Å². The average molecular weight is 290 g/mol. The molecule has 0 aromatic carbocycles. The predicted octanol–water partition coefficient (Wildman–Crippen LogP) is 1.38. The lowest BCUT2D eigenvalue weighted by molar-refractivity contribution is 0.0465. The van der Waals surface area contributed by atoms with Gasteiger partial charge >= 0.3 is 0 Å². The number of aryl methyl sites for hydroxylation is 1. The Labute approximate surface area is 112 Å². The topological polar surface area (TPSA) is 70.5 Å². The lowest BCUT2D eigenvalue weighted by atomic mass is 9.98. The first-order valence-electron chi connectivity index (χ1n) is 5.96. The Morgan fingerprint density at radius 2 is 2.17 bits per heavy atom. The van der Waals surface area contributed by atoms with E-state index < -0.39 is 15.6 Å². The van der Waals surface area contributed by atoms with Crippen LogP contribution in [0.5, 0.6) is 0 Å². The summed E-state index contributed by atoms with van der Waals surface area (Å²) in [6.07, 6.45) is 3.22. The van der Waals surface area contributed by atoms with E-state index in [0.29, 0.717) is 36.6 Å². The molecule has 0 spiro atoms. The highest BCUT2D eigenvalue weighted by Gasteiger charge is 2.32. The third-order valence-electron chi connectivity index (χ3n) is 3.22. The van der Waals surface area contributed by atoms with E-state index in [9.17, 15) is 13.5 Å². The normalized spacial score (nSPS) is 27.1. The van der Waals surface area contributed by atoms with Crippen molar-refractivity contribution in [3.05, 3.63) is 11.2 Å². The Hall–Kier alpha value is -0.500. The van der Waals surface area contributed by atoms with Crippen LogP contribution in [-0.4, -0.2) is 41.5 Å². The minimum absolute atomic E-state index is 0.293. The molecule has 1 aromatic rings. The fourth-order valence-corrected chi connectivity index (χ4v) is 4.81. The molecule has 18 heavy (non-hydrogen) atoms. The maximum atomic E-state index is 12.4. The van der Waals surface area contributed by atoms with Crippen LogP contribution in [0.2, 0.25) is 0 Å². The first-order valence-corrected chi connectivity index (χ1v) is 8.22. The van der Waals surface area contributed by atoms with E-state index in [-0.39, 0.29) is 0 Å². The summed E-state index contributed by atoms with van der Waals surface area (Å²) in [4.78, 5) is 3.99. The van der Waals surface area contributed by atoms with Crippen LogP contribution in [0.4, 0.5) is 0 Å². The van der Waals surface area contributed by atoms with Crippen molar-refractivity contribution in [2.45, 2.75) is 42.9 Å². The molecule has 5 nitrogen and oxygen atoms in total. The molecule has 2 heterocycles. The number of sulfonamides is 1. The number of aliphatic hydroxyl groups is 1. The molecule has 0 amide bonds. The first kappa shape index (κ1) is 13.9. The molecule has 0 aliphatic carbocycles. The van der Waals surface area contributed by atoms with Gasteiger partial charge in [-0.15, -0.1) is 11.3 Å². The van der Waals surface area contributed by atoms with Crippen LogP contribution in [0, 0.1) is 6.92 Å². The fourth-order valence-electron chi connectivity index (χ4n) is 2.07. The van der Waals surface area contributed by atoms with Crippen LogP contribution in [0.15, 0.2) is 10.4 Å². The highest BCUT2D eigenvalue weighted by molar-refractivity contribution is 7.91. The lowest BCUT2D eigenvalue weighted by Gasteiger charge is -2.21. The quantitative estimate of drug-likeness (QED) is 0.893. The van der Waals surface area contributed by atoms with Crippen molar-refractivity contribution < 1.29 is 13.5 Å². The molecule has 0 saturated carbocycles. The van der Waals surface area contributed by atoms with Crippen molar-refractivity contribution in [1.29, 1.82) is 0 Å².